The largest absolute Gasteiger partial charge is 0.478 e. The van der Waals surface area contributed by atoms with E-state index in [0.29, 0.717) is 23.4 Å². The Bertz CT molecular complexity index is 1050. The van der Waals surface area contributed by atoms with Crippen molar-refractivity contribution in [1.82, 2.24) is 9.55 Å². The van der Waals surface area contributed by atoms with Crippen LogP contribution in [-0.2, 0) is 6.54 Å². The van der Waals surface area contributed by atoms with Gasteiger partial charge in [-0.15, -0.1) is 0 Å². The van der Waals surface area contributed by atoms with Gasteiger partial charge in [0.05, 0.1) is 21.6 Å². The van der Waals surface area contributed by atoms with E-state index in [1.807, 2.05) is 19.1 Å². The summed E-state index contributed by atoms with van der Waals surface area (Å²) in [5.74, 6) is -1.51. The zero-order chi connectivity index (χ0) is 19.6. The van der Waals surface area contributed by atoms with Crippen LogP contribution in [0.2, 0.25) is 5.02 Å². The Morgan fingerprint density at radius 2 is 1.81 bits per heavy atom. The minimum Gasteiger partial charge on any atom is -0.478 e. The van der Waals surface area contributed by atoms with Crippen LogP contribution in [0.15, 0.2) is 42.5 Å². The molecule has 0 amide bonds. The van der Waals surface area contributed by atoms with Crippen molar-refractivity contribution in [3.63, 3.8) is 0 Å². The molecule has 2 N–H and O–H groups in total. The van der Waals surface area contributed by atoms with E-state index < -0.39 is 11.9 Å². The van der Waals surface area contributed by atoms with E-state index in [-0.39, 0.29) is 16.1 Å². The Hall–Kier alpha value is -3.12. The van der Waals surface area contributed by atoms with Crippen molar-refractivity contribution in [1.29, 1.82) is 0 Å². The Balaban J connectivity index is 2.18. The highest BCUT2D eigenvalue weighted by molar-refractivity contribution is 6.35. The Labute approximate surface area is 160 Å². The molecule has 1 aromatic heterocycles. The summed E-state index contributed by atoms with van der Waals surface area (Å²) in [5.41, 5.74) is 1.99. The summed E-state index contributed by atoms with van der Waals surface area (Å²) in [6.45, 7) is 2.33. The van der Waals surface area contributed by atoms with Crippen LogP contribution in [0.1, 0.15) is 45.4 Å². The number of imidazole rings is 1. The maximum absolute atomic E-state index is 11.8. The molecule has 0 radical (unpaired) electrons. The van der Waals surface area contributed by atoms with Crippen molar-refractivity contribution in [2.45, 2.75) is 19.9 Å². The molecule has 0 bridgehead atoms. The Morgan fingerprint density at radius 1 is 1.11 bits per heavy atom. The van der Waals surface area contributed by atoms with Gasteiger partial charge in [-0.2, -0.15) is 0 Å². The summed E-state index contributed by atoms with van der Waals surface area (Å²) >= 11 is 6.14. The second kappa shape index (κ2) is 7.63. The molecule has 1 heterocycles. The highest BCUT2D eigenvalue weighted by atomic mass is 35.5. The van der Waals surface area contributed by atoms with Crippen LogP contribution in [0.3, 0.4) is 0 Å². The molecule has 138 valence electrons. The number of aromatic nitrogens is 2. The van der Waals surface area contributed by atoms with Crippen LogP contribution in [0.25, 0.3) is 17.1 Å². The molecule has 2 aromatic carbocycles. The molecule has 0 atom stereocenters. The van der Waals surface area contributed by atoms with Gasteiger partial charge in [0.15, 0.2) is 0 Å². The molecule has 0 spiro atoms. The lowest BCUT2D eigenvalue weighted by atomic mass is 10.1. The van der Waals surface area contributed by atoms with Crippen molar-refractivity contribution in [2.75, 3.05) is 0 Å². The third-order valence-corrected chi connectivity index (χ3v) is 4.46. The van der Waals surface area contributed by atoms with Gasteiger partial charge >= 0.3 is 11.9 Å². The fourth-order valence-corrected chi connectivity index (χ4v) is 3.10. The predicted octanol–water partition coefficient (Wildman–Crippen LogP) is 4.56. The van der Waals surface area contributed by atoms with E-state index in [9.17, 15) is 14.7 Å². The van der Waals surface area contributed by atoms with Crippen molar-refractivity contribution in [3.05, 3.63) is 70.0 Å². The SMILES string of the molecule is CCC=Cc1nc2ccc(Cl)c(C(=O)O)c2n1Cc1ccc(C(=O)O)cc1. The molecule has 6 nitrogen and oxygen atoms in total. The number of nitrogens with zero attached hydrogens (tertiary/aromatic N) is 2. The van der Waals surface area contributed by atoms with E-state index in [1.54, 1.807) is 22.8 Å². The predicted molar refractivity (Wildman–Crippen MR) is 104 cm³/mol. The summed E-state index contributed by atoms with van der Waals surface area (Å²) in [4.78, 5) is 27.3. The number of carbonyl (C=O) groups is 2. The van der Waals surface area contributed by atoms with Crippen molar-refractivity contribution in [2.24, 2.45) is 0 Å². The number of fused-ring (bicyclic) bond motifs is 1. The lowest BCUT2D eigenvalue weighted by molar-refractivity contribution is 0.0687. The van der Waals surface area contributed by atoms with E-state index >= 15 is 0 Å². The first kappa shape index (κ1) is 18.7. The van der Waals surface area contributed by atoms with Crippen LogP contribution in [0.4, 0.5) is 0 Å². The summed E-state index contributed by atoms with van der Waals surface area (Å²) in [5, 5.41) is 18.8. The summed E-state index contributed by atoms with van der Waals surface area (Å²) in [6, 6.07) is 9.66. The van der Waals surface area contributed by atoms with Gasteiger partial charge < -0.3 is 14.8 Å². The third kappa shape index (κ3) is 3.71. The lowest BCUT2D eigenvalue weighted by Gasteiger charge is -2.10. The van der Waals surface area contributed by atoms with E-state index in [1.165, 1.54) is 18.2 Å². The molecular weight excluding hydrogens is 368 g/mol. The second-order valence-electron chi connectivity index (χ2n) is 5.96. The van der Waals surface area contributed by atoms with Gasteiger partial charge in [-0.3, -0.25) is 0 Å². The minimum absolute atomic E-state index is 0.0000266. The van der Waals surface area contributed by atoms with Gasteiger partial charge in [-0.05, 0) is 42.3 Å². The van der Waals surface area contributed by atoms with E-state index in [4.69, 9.17) is 16.7 Å². The molecule has 0 saturated carbocycles. The molecule has 3 rings (SSSR count). The number of benzene rings is 2. The quantitative estimate of drug-likeness (QED) is 0.650. The number of allylic oxidation sites excluding steroid dienone is 1. The van der Waals surface area contributed by atoms with E-state index in [0.717, 1.165) is 12.0 Å². The fourth-order valence-electron chi connectivity index (χ4n) is 2.87. The first-order valence-corrected chi connectivity index (χ1v) is 8.71. The standard InChI is InChI=1S/C20H17ClN2O4/c1-2-3-4-16-22-15-10-9-14(21)17(20(26)27)18(15)23(16)11-12-5-7-13(8-6-12)19(24)25/h3-10H,2,11H2,1H3,(H,24,25)(H,26,27). The highest BCUT2D eigenvalue weighted by Gasteiger charge is 2.20. The maximum Gasteiger partial charge on any atom is 0.339 e. The average molecular weight is 385 g/mol. The van der Waals surface area contributed by atoms with Crippen molar-refractivity contribution in [3.8, 4) is 0 Å². The number of hydrogen-bond donors (Lipinski definition) is 2. The normalized spacial score (nSPS) is 11.3. The molecule has 0 saturated heterocycles. The Morgan fingerprint density at radius 3 is 2.41 bits per heavy atom. The number of hydrogen-bond acceptors (Lipinski definition) is 3. The van der Waals surface area contributed by atoms with Gasteiger partial charge in [0.2, 0.25) is 0 Å². The van der Waals surface area contributed by atoms with Gasteiger partial charge in [0, 0.05) is 6.54 Å². The molecule has 0 unspecified atom stereocenters. The molecule has 0 aliphatic heterocycles. The number of aromatic carboxylic acids is 2. The molecule has 0 aliphatic rings. The monoisotopic (exact) mass is 384 g/mol. The molecule has 27 heavy (non-hydrogen) atoms. The smallest absolute Gasteiger partial charge is 0.339 e. The molecule has 3 aromatic rings. The molecule has 0 aliphatic carbocycles. The Kier molecular flexibility index (Phi) is 5.28. The van der Waals surface area contributed by atoms with Gasteiger partial charge in [0.1, 0.15) is 11.4 Å². The zero-order valence-corrected chi connectivity index (χ0v) is 15.3. The summed E-state index contributed by atoms with van der Waals surface area (Å²) in [6.07, 6.45) is 4.58. The fraction of sp³-hybridized carbons (Fsp3) is 0.150. The summed E-state index contributed by atoms with van der Waals surface area (Å²) < 4.78 is 1.78. The van der Waals surface area contributed by atoms with Crippen LogP contribution >= 0.6 is 11.6 Å². The number of halogens is 1. The third-order valence-electron chi connectivity index (χ3n) is 4.15. The average Bonchev–Trinajstić information content (AvgIpc) is 2.97. The zero-order valence-electron chi connectivity index (χ0n) is 14.5. The lowest BCUT2D eigenvalue weighted by Crippen LogP contribution is -2.07. The van der Waals surface area contributed by atoms with Crippen LogP contribution in [0, 0.1) is 0 Å². The molecular formula is C20H17ClN2O4. The maximum atomic E-state index is 11.8. The first-order valence-electron chi connectivity index (χ1n) is 8.33. The first-order chi connectivity index (χ1) is 12.9. The highest BCUT2D eigenvalue weighted by Crippen LogP contribution is 2.28. The van der Waals surface area contributed by atoms with Gasteiger partial charge in [0.25, 0.3) is 0 Å². The molecule has 0 fully saturated rings. The van der Waals surface area contributed by atoms with Gasteiger partial charge in [-0.1, -0.05) is 36.7 Å². The second-order valence-corrected chi connectivity index (χ2v) is 6.37. The number of carboxylic acid groups (broad SMARTS) is 2. The van der Waals surface area contributed by atoms with Crippen LogP contribution < -0.4 is 0 Å². The summed E-state index contributed by atoms with van der Waals surface area (Å²) in [7, 11) is 0. The van der Waals surface area contributed by atoms with E-state index in [2.05, 4.69) is 4.98 Å². The van der Waals surface area contributed by atoms with Crippen LogP contribution in [0.5, 0.6) is 0 Å². The minimum atomic E-state index is -1.13. The van der Waals surface area contributed by atoms with Crippen molar-refractivity contribution < 1.29 is 19.8 Å². The van der Waals surface area contributed by atoms with Crippen molar-refractivity contribution >= 4 is 40.6 Å². The van der Waals surface area contributed by atoms with Gasteiger partial charge in [-0.25, -0.2) is 14.6 Å². The topological polar surface area (TPSA) is 92.4 Å². The number of carboxylic acids is 2. The molecule has 7 heteroatoms. The van der Waals surface area contributed by atoms with Crippen LogP contribution in [-0.4, -0.2) is 31.7 Å². The number of rotatable bonds is 6.